The van der Waals surface area contributed by atoms with E-state index < -0.39 is 0 Å². The summed E-state index contributed by atoms with van der Waals surface area (Å²) < 4.78 is 18.8. The molecule has 0 aliphatic rings. The van der Waals surface area contributed by atoms with Gasteiger partial charge in [-0.3, -0.25) is 4.79 Å². The number of likely N-dealkylation sites (N-methyl/N-ethyl adjacent to an activating group) is 1. The van der Waals surface area contributed by atoms with Crippen molar-refractivity contribution in [3.63, 3.8) is 0 Å². The van der Waals surface area contributed by atoms with Crippen molar-refractivity contribution in [2.45, 2.75) is 13.0 Å². The van der Waals surface area contributed by atoms with Gasteiger partial charge in [0.1, 0.15) is 22.8 Å². The number of rotatable bonds is 6. The second kappa shape index (κ2) is 8.14. The van der Waals surface area contributed by atoms with E-state index in [1.807, 2.05) is 55.4 Å². The van der Waals surface area contributed by atoms with Gasteiger partial charge in [0.05, 0.1) is 6.04 Å². The normalized spacial score (nSPS) is 12.2. The number of aryl methyl sites for hydroxylation is 1. The van der Waals surface area contributed by atoms with Gasteiger partial charge in [0.15, 0.2) is 0 Å². The summed E-state index contributed by atoms with van der Waals surface area (Å²) in [4.78, 5) is 14.8. The Morgan fingerprint density at radius 2 is 1.93 bits per heavy atom. The number of nitrogens with zero attached hydrogens (tertiary/aromatic N) is 2. The number of hydrogen-bond donors (Lipinski definition) is 1. The molecule has 5 nitrogen and oxygen atoms in total. The third-order valence-corrected chi connectivity index (χ3v) is 4.45. The lowest BCUT2D eigenvalue weighted by atomic mass is 10.0. The molecule has 1 atom stereocenters. The maximum atomic E-state index is 13.6. The topological polar surface area (TPSA) is 58.4 Å². The van der Waals surface area contributed by atoms with Gasteiger partial charge in [0.25, 0.3) is 5.91 Å². The second-order valence-electron chi connectivity index (χ2n) is 6.57. The van der Waals surface area contributed by atoms with Crippen LogP contribution in [-0.4, -0.2) is 36.6 Å². The monoisotopic (exact) mass is 367 g/mol. The van der Waals surface area contributed by atoms with Crippen LogP contribution >= 0.6 is 0 Å². The van der Waals surface area contributed by atoms with Crippen LogP contribution < -0.4 is 5.32 Å². The average Bonchev–Trinajstić information content (AvgIpc) is 3.04. The molecular weight excluding hydrogens is 345 g/mol. The van der Waals surface area contributed by atoms with Crippen molar-refractivity contribution in [2.75, 3.05) is 20.6 Å². The van der Waals surface area contributed by atoms with E-state index in [9.17, 15) is 9.18 Å². The van der Waals surface area contributed by atoms with Gasteiger partial charge in [-0.15, -0.1) is 0 Å². The Bertz CT molecular complexity index is 922. The number of benzene rings is 2. The van der Waals surface area contributed by atoms with Crippen molar-refractivity contribution >= 4 is 5.91 Å². The summed E-state index contributed by atoms with van der Waals surface area (Å²) in [6.07, 6.45) is 0. The maximum Gasteiger partial charge on any atom is 0.257 e. The summed E-state index contributed by atoms with van der Waals surface area (Å²) in [5.74, 6) is -0.110. The Labute approximate surface area is 157 Å². The Morgan fingerprint density at radius 3 is 2.59 bits per heavy atom. The maximum absolute atomic E-state index is 13.6. The quantitative estimate of drug-likeness (QED) is 0.720. The molecule has 1 amide bonds. The van der Waals surface area contributed by atoms with Crippen molar-refractivity contribution < 1.29 is 13.7 Å². The summed E-state index contributed by atoms with van der Waals surface area (Å²) in [6, 6.07) is 15.7. The van der Waals surface area contributed by atoms with Gasteiger partial charge < -0.3 is 14.7 Å². The lowest BCUT2D eigenvalue weighted by Gasteiger charge is -2.25. The van der Waals surface area contributed by atoms with Crippen LogP contribution in [0.15, 0.2) is 59.1 Å². The first-order valence-electron chi connectivity index (χ1n) is 8.69. The molecule has 2 aromatic carbocycles. The van der Waals surface area contributed by atoms with Crippen LogP contribution in [-0.2, 0) is 0 Å². The van der Waals surface area contributed by atoms with Gasteiger partial charge >= 0.3 is 0 Å². The highest BCUT2D eigenvalue weighted by atomic mass is 19.1. The SMILES string of the molecule is Cc1onc(-c2ccccc2)c1C(=O)NCC(c1cccc(F)c1)N(C)C. The third-order valence-electron chi connectivity index (χ3n) is 4.45. The number of carbonyl (C=O) groups excluding carboxylic acids is 1. The molecule has 0 spiro atoms. The third kappa shape index (κ3) is 4.23. The molecule has 3 aromatic rings. The van der Waals surface area contributed by atoms with E-state index in [1.54, 1.807) is 13.0 Å². The van der Waals surface area contributed by atoms with Crippen LogP contribution in [0.2, 0.25) is 0 Å². The summed E-state index contributed by atoms with van der Waals surface area (Å²) >= 11 is 0. The lowest BCUT2D eigenvalue weighted by molar-refractivity contribution is 0.0941. The largest absolute Gasteiger partial charge is 0.360 e. The molecule has 3 rings (SSSR count). The van der Waals surface area contributed by atoms with Crippen LogP contribution in [0.25, 0.3) is 11.3 Å². The van der Waals surface area contributed by atoms with Crippen molar-refractivity contribution in [3.8, 4) is 11.3 Å². The molecule has 0 radical (unpaired) electrons. The minimum absolute atomic E-state index is 0.162. The van der Waals surface area contributed by atoms with Gasteiger partial charge in [-0.05, 0) is 38.7 Å². The molecule has 0 aliphatic heterocycles. The fraction of sp³-hybridized carbons (Fsp3) is 0.238. The minimum Gasteiger partial charge on any atom is -0.360 e. The number of halogens is 1. The van der Waals surface area contributed by atoms with Gasteiger partial charge in [-0.1, -0.05) is 47.6 Å². The van der Waals surface area contributed by atoms with Crippen LogP contribution in [0.4, 0.5) is 4.39 Å². The number of carbonyl (C=O) groups is 1. The number of aromatic nitrogens is 1. The molecule has 6 heteroatoms. The molecule has 140 valence electrons. The van der Waals surface area contributed by atoms with Crippen LogP contribution in [0, 0.1) is 12.7 Å². The fourth-order valence-electron chi connectivity index (χ4n) is 3.02. The van der Waals surface area contributed by atoms with Crippen molar-refractivity contribution in [1.29, 1.82) is 0 Å². The first-order valence-corrected chi connectivity index (χ1v) is 8.69. The highest BCUT2D eigenvalue weighted by Crippen LogP contribution is 2.25. The average molecular weight is 367 g/mol. The molecule has 1 N–H and O–H groups in total. The van der Waals surface area contributed by atoms with Crippen LogP contribution in [0.3, 0.4) is 0 Å². The fourth-order valence-corrected chi connectivity index (χ4v) is 3.02. The number of hydrogen-bond acceptors (Lipinski definition) is 4. The molecule has 0 saturated carbocycles. The minimum atomic E-state index is -0.299. The van der Waals surface area contributed by atoms with Gasteiger partial charge in [-0.25, -0.2) is 4.39 Å². The van der Waals surface area contributed by atoms with Crippen LogP contribution in [0.1, 0.15) is 27.7 Å². The summed E-state index contributed by atoms with van der Waals surface area (Å²) in [6.45, 7) is 2.04. The summed E-state index contributed by atoms with van der Waals surface area (Å²) in [5, 5.41) is 6.98. The van der Waals surface area contributed by atoms with E-state index in [4.69, 9.17) is 4.52 Å². The van der Waals surface area contributed by atoms with E-state index in [0.29, 0.717) is 23.6 Å². The Balaban J connectivity index is 1.80. The molecule has 0 saturated heterocycles. The molecule has 1 unspecified atom stereocenters. The van der Waals surface area contributed by atoms with E-state index in [2.05, 4.69) is 10.5 Å². The molecule has 0 aliphatic carbocycles. The smallest absolute Gasteiger partial charge is 0.257 e. The van der Waals surface area contributed by atoms with Gasteiger partial charge in [0, 0.05) is 12.1 Å². The number of amides is 1. The van der Waals surface area contributed by atoms with Gasteiger partial charge in [-0.2, -0.15) is 0 Å². The predicted molar refractivity (Wildman–Crippen MR) is 102 cm³/mol. The number of nitrogens with one attached hydrogen (secondary N) is 1. The zero-order valence-corrected chi connectivity index (χ0v) is 15.6. The first-order chi connectivity index (χ1) is 13.0. The highest BCUT2D eigenvalue weighted by molar-refractivity contribution is 6.00. The molecule has 0 bridgehead atoms. The molecule has 27 heavy (non-hydrogen) atoms. The van der Waals surface area contributed by atoms with Crippen molar-refractivity contribution in [1.82, 2.24) is 15.4 Å². The molecule has 1 aromatic heterocycles. The van der Waals surface area contributed by atoms with E-state index >= 15 is 0 Å². The Hall–Kier alpha value is -2.99. The predicted octanol–water partition coefficient (Wildman–Crippen LogP) is 3.82. The zero-order chi connectivity index (χ0) is 19.4. The zero-order valence-electron chi connectivity index (χ0n) is 15.6. The standard InChI is InChI=1S/C21H22FN3O2/c1-14-19(20(24-27-14)15-8-5-4-6-9-15)21(26)23-13-18(25(2)3)16-10-7-11-17(22)12-16/h4-12,18H,13H2,1-3H3,(H,23,26). The molecule has 1 heterocycles. The molecular formula is C21H22FN3O2. The van der Waals surface area contributed by atoms with E-state index in [1.165, 1.54) is 12.1 Å². The lowest BCUT2D eigenvalue weighted by Crippen LogP contribution is -2.34. The molecule has 0 fully saturated rings. The van der Waals surface area contributed by atoms with Gasteiger partial charge in [0.2, 0.25) is 0 Å². The van der Waals surface area contributed by atoms with Crippen molar-refractivity contribution in [3.05, 3.63) is 77.3 Å². The highest BCUT2D eigenvalue weighted by Gasteiger charge is 2.23. The van der Waals surface area contributed by atoms with Crippen LogP contribution in [0.5, 0.6) is 0 Å². The Morgan fingerprint density at radius 1 is 1.19 bits per heavy atom. The van der Waals surface area contributed by atoms with E-state index in [-0.39, 0.29) is 17.8 Å². The van der Waals surface area contributed by atoms with Crippen molar-refractivity contribution in [2.24, 2.45) is 0 Å². The summed E-state index contributed by atoms with van der Waals surface area (Å²) in [7, 11) is 3.78. The first kappa shape index (κ1) is 18.8. The second-order valence-corrected chi connectivity index (χ2v) is 6.57. The van der Waals surface area contributed by atoms with E-state index in [0.717, 1.165) is 11.1 Å². The summed E-state index contributed by atoms with van der Waals surface area (Å²) in [5.41, 5.74) is 2.54. The Kier molecular flexibility index (Phi) is 5.66.